The van der Waals surface area contributed by atoms with Gasteiger partial charge in [0.15, 0.2) is 5.78 Å². The zero-order chi connectivity index (χ0) is 15.7. The van der Waals surface area contributed by atoms with Crippen molar-refractivity contribution < 1.29 is 19.1 Å². The maximum absolute atomic E-state index is 11.8. The van der Waals surface area contributed by atoms with Crippen LogP contribution >= 0.6 is 0 Å². The van der Waals surface area contributed by atoms with Crippen LogP contribution in [0.1, 0.15) is 25.8 Å². The van der Waals surface area contributed by atoms with Crippen LogP contribution in [-0.4, -0.2) is 31.6 Å². The Hall–Kier alpha value is -2.30. The molecule has 0 fully saturated rings. The summed E-state index contributed by atoms with van der Waals surface area (Å²) in [7, 11) is 1.60. The highest BCUT2D eigenvalue weighted by molar-refractivity contribution is 5.94. The summed E-state index contributed by atoms with van der Waals surface area (Å²) >= 11 is 0. The lowest BCUT2D eigenvalue weighted by atomic mass is 10.1. The number of carbonyl (C=O) groups is 2. The predicted molar refractivity (Wildman–Crippen MR) is 81.3 cm³/mol. The van der Waals surface area contributed by atoms with Crippen LogP contribution < -0.4 is 10.1 Å². The molecule has 0 aliphatic rings. The number of alkyl carbamates (subject to hydrolysis) is 1. The number of benzene rings is 1. The van der Waals surface area contributed by atoms with Gasteiger partial charge in [0.05, 0.1) is 13.7 Å². The third kappa shape index (κ3) is 6.61. The third-order valence-electron chi connectivity index (χ3n) is 2.72. The zero-order valence-electron chi connectivity index (χ0n) is 12.6. The Morgan fingerprint density at radius 2 is 1.95 bits per heavy atom. The van der Waals surface area contributed by atoms with Crippen molar-refractivity contribution in [3.63, 3.8) is 0 Å². The number of nitrogens with one attached hydrogen (secondary N) is 1. The Morgan fingerprint density at radius 3 is 2.52 bits per heavy atom. The van der Waals surface area contributed by atoms with Crippen LogP contribution in [0.25, 0.3) is 6.08 Å². The van der Waals surface area contributed by atoms with Crippen LogP contribution in [0.2, 0.25) is 0 Å². The molecular formula is C16H21NO4. The molecule has 0 unspecified atom stereocenters. The highest BCUT2D eigenvalue weighted by Gasteiger charge is 2.10. The standard InChI is InChI=1S/C16H21NO4/c1-4-21-16(19)17-12(2)11-14(18)8-5-13-6-9-15(20-3)10-7-13/h5-10,12H,4,11H2,1-3H3,(H,17,19)/b8-5+/t12-/m1/s1. The average molecular weight is 291 g/mol. The van der Waals surface area contributed by atoms with Crippen molar-refractivity contribution in [1.29, 1.82) is 0 Å². The predicted octanol–water partition coefficient (Wildman–Crippen LogP) is 2.80. The van der Waals surface area contributed by atoms with Crippen molar-refractivity contribution in [3.8, 4) is 5.75 Å². The number of hydrogen-bond acceptors (Lipinski definition) is 4. The van der Waals surface area contributed by atoms with Crippen LogP contribution in [0.15, 0.2) is 30.3 Å². The Balaban J connectivity index is 2.44. The summed E-state index contributed by atoms with van der Waals surface area (Å²) in [5, 5.41) is 2.59. The summed E-state index contributed by atoms with van der Waals surface area (Å²) in [6.07, 6.45) is 2.96. The molecule has 0 bridgehead atoms. The van der Waals surface area contributed by atoms with Gasteiger partial charge in [-0.15, -0.1) is 0 Å². The molecule has 0 aliphatic carbocycles. The molecule has 1 aromatic rings. The molecule has 5 nitrogen and oxygen atoms in total. The molecular weight excluding hydrogens is 270 g/mol. The van der Waals surface area contributed by atoms with Crippen molar-refractivity contribution in [2.45, 2.75) is 26.3 Å². The second-order valence-corrected chi connectivity index (χ2v) is 4.54. The van der Waals surface area contributed by atoms with E-state index in [1.807, 2.05) is 24.3 Å². The first-order valence-electron chi connectivity index (χ1n) is 6.83. The van der Waals surface area contributed by atoms with Gasteiger partial charge in [-0.25, -0.2) is 4.79 Å². The quantitative estimate of drug-likeness (QED) is 0.785. The van der Waals surface area contributed by atoms with Gasteiger partial charge in [0.25, 0.3) is 0 Å². The highest BCUT2D eigenvalue weighted by atomic mass is 16.5. The normalized spacial score (nSPS) is 12.0. The van der Waals surface area contributed by atoms with Gasteiger partial charge in [0.1, 0.15) is 5.75 Å². The smallest absolute Gasteiger partial charge is 0.407 e. The molecule has 0 aliphatic heterocycles. The molecule has 1 aromatic carbocycles. The lowest BCUT2D eigenvalue weighted by Crippen LogP contribution is -2.34. The Labute approximate surface area is 124 Å². The molecule has 0 saturated heterocycles. The van der Waals surface area contributed by atoms with Gasteiger partial charge < -0.3 is 14.8 Å². The van der Waals surface area contributed by atoms with E-state index in [2.05, 4.69) is 5.32 Å². The Morgan fingerprint density at radius 1 is 1.29 bits per heavy atom. The molecule has 0 saturated carbocycles. The molecule has 1 rings (SSSR count). The summed E-state index contributed by atoms with van der Waals surface area (Å²) in [5.74, 6) is 0.709. The number of allylic oxidation sites excluding steroid dienone is 1. The van der Waals surface area contributed by atoms with Gasteiger partial charge in [0, 0.05) is 12.5 Å². The maximum Gasteiger partial charge on any atom is 0.407 e. The first-order valence-corrected chi connectivity index (χ1v) is 6.83. The van der Waals surface area contributed by atoms with E-state index in [0.717, 1.165) is 11.3 Å². The fourth-order valence-corrected chi connectivity index (χ4v) is 1.70. The number of methoxy groups -OCH3 is 1. The lowest BCUT2D eigenvalue weighted by molar-refractivity contribution is -0.114. The summed E-state index contributed by atoms with van der Waals surface area (Å²) < 4.78 is 9.82. The number of ether oxygens (including phenoxy) is 2. The lowest BCUT2D eigenvalue weighted by Gasteiger charge is -2.11. The van der Waals surface area contributed by atoms with Gasteiger partial charge in [-0.1, -0.05) is 18.2 Å². The van der Waals surface area contributed by atoms with E-state index in [0.29, 0.717) is 6.61 Å². The molecule has 1 atom stereocenters. The van der Waals surface area contributed by atoms with E-state index in [9.17, 15) is 9.59 Å². The first-order chi connectivity index (χ1) is 10.0. The molecule has 0 heterocycles. The molecule has 5 heteroatoms. The molecule has 1 N–H and O–H groups in total. The molecule has 114 valence electrons. The van der Waals surface area contributed by atoms with E-state index >= 15 is 0 Å². The van der Waals surface area contributed by atoms with E-state index in [1.165, 1.54) is 6.08 Å². The Kier molecular flexibility index (Phi) is 7.01. The average Bonchev–Trinajstić information content (AvgIpc) is 2.45. The van der Waals surface area contributed by atoms with Crippen molar-refractivity contribution in [2.24, 2.45) is 0 Å². The van der Waals surface area contributed by atoms with Crippen LogP contribution in [0.3, 0.4) is 0 Å². The van der Waals surface area contributed by atoms with Crippen molar-refractivity contribution in [3.05, 3.63) is 35.9 Å². The second kappa shape index (κ2) is 8.79. The number of rotatable bonds is 7. The largest absolute Gasteiger partial charge is 0.497 e. The number of ketones is 1. The SMILES string of the molecule is CCOC(=O)N[C@H](C)CC(=O)/C=C/c1ccc(OC)cc1. The van der Waals surface area contributed by atoms with Crippen molar-refractivity contribution in [1.82, 2.24) is 5.32 Å². The van der Waals surface area contributed by atoms with Crippen molar-refractivity contribution >= 4 is 18.0 Å². The fraction of sp³-hybridized carbons (Fsp3) is 0.375. The van der Waals surface area contributed by atoms with Gasteiger partial charge >= 0.3 is 6.09 Å². The van der Waals surface area contributed by atoms with Crippen LogP contribution in [-0.2, 0) is 9.53 Å². The van der Waals surface area contributed by atoms with Gasteiger partial charge in [-0.05, 0) is 37.6 Å². The van der Waals surface area contributed by atoms with Crippen molar-refractivity contribution in [2.75, 3.05) is 13.7 Å². The van der Waals surface area contributed by atoms with Crippen LogP contribution in [0.5, 0.6) is 5.75 Å². The first kappa shape index (κ1) is 16.8. The number of hydrogen-bond donors (Lipinski definition) is 1. The monoisotopic (exact) mass is 291 g/mol. The molecule has 0 spiro atoms. The van der Waals surface area contributed by atoms with Crippen LogP contribution in [0, 0.1) is 0 Å². The molecule has 0 aromatic heterocycles. The molecule has 0 radical (unpaired) electrons. The summed E-state index contributed by atoms with van der Waals surface area (Å²) in [4.78, 5) is 23.0. The summed E-state index contributed by atoms with van der Waals surface area (Å²) in [6.45, 7) is 3.80. The highest BCUT2D eigenvalue weighted by Crippen LogP contribution is 2.12. The zero-order valence-corrected chi connectivity index (χ0v) is 12.6. The van der Waals surface area contributed by atoms with E-state index in [1.54, 1.807) is 27.0 Å². The topological polar surface area (TPSA) is 64.6 Å². The minimum atomic E-state index is -0.503. The van der Waals surface area contributed by atoms with Gasteiger partial charge in [-0.2, -0.15) is 0 Å². The Bertz CT molecular complexity index is 494. The fourth-order valence-electron chi connectivity index (χ4n) is 1.70. The minimum absolute atomic E-state index is 0.0601. The minimum Gasteiger partial charge on any atom is -0.497 e. The van der Waals surface area contributed by atoms with E-state index < -0.39 is 6.09 Å². The third-order valence-corrected chi connectivity index (χ3v) is 2.72. The summed E-state index contributed by atoms with van der Waals surface area (Å²) in [5.41, 5.74) is 0.912. The van der Waals surface area contributed by atoms with Gasteiger partial charge in [-0.3, -0.25) is 4.79 Å². The maximum atomic E-state index is 11.8. The number of carbonyl (C=O) groups excluding carboxylic acids is 2. The van der Waals surface area contributed by atoms with E-state index in [-0.39, 0.29) is 18.2 Å². The number of amides is 1. The second-order valence-electron chi connectivity index (χ2n) is 4.54. The molecule has 1 amide bonds. The summed E-state index contributed by atoms with van der Waals surface area (Å²) in [6, 6.07) is 7.12. The van der Waals surface area contributed by atoms with Crippen LogP contribution in [0.4, 0.5) is 4.79 Å². The van der Waals surface area contributed by atoms with Gasteiger partial charge in [0.2, 0.25) is 0 Å². The van der Waals surface area contributed by atoms with E-state index in [4.69, 9.17) is 9.47 Å². The molecule has 21 heavy (non-hydrogen) atoms.